The van der Waals surface area contributed by atoms with Gasteiger partial charge >= 0.3 is 0 Å². The zero-order chi connectivity index (χ0) is 11.8. The third kappa shape index (κ3) is 4.61. The van der Waals surface area contributed by atoms with Gasteiger partial charge in [0.15, 0.2) is 0 Å². The molecule has 0 radical (unpaired) electrons. The molecule has 92 valence electrons. The first-order valence-electron chi connectivity index (χ1n) is 5.79. The number of aliphatic imine (C=N–C) groups is 1. The molecule has 0 unspecified atom stereocenters. The van der Waals surface area contributed by atoms with Crippen molar-refractivity contribution in [3.05, 3.63) is 0 Å². The zero-order valence-electron chi connectivity index (χ0n) is 9.87. The van der Waals surface area contributed by atoms with Crippen LogP contribution in [0.25, 0.3) is 0 Å². The number of hydrogen-bond donors (Lipinski definition) is 2. The van der Waals surface area contributed by atoms with Gasteiger partial charge in [-0.3, -0.25) is 9.79 Å². The Morgan fingerprint density at radius 3 is 2.81 bits per heavy atom. The Morgan fingerprint density at radius 1 is 1.50 bits per heavy atom. The molecule has 0 atom stereocenters. The summed E-state index contributed by atoms with van der Waals surface area (Å²) in [6.45, 7) is 1.17. The molecule has 0 saturated heterocycles. The highest BCUT2D eigenvalue weighted by Crippen LogP contribution is 2.24. The fourth-order valence-electron chi connectivity index (χ4n) is 1.86. The first-order chi connectivity index (χ1) is 7.74. The first-order valence-corrected chi connectivity index (χ1v) is 5.79. The smallest absolute Gasteiger partial charge is 0.241 e. The molecule has 0 aromatic rings. The SMILES string of the molecule is COCCNC(=O)CN=C(N)C1CCCC1. The second-order valence-electron chi connectivity index (χ2n) is 4.07. The topological polar surface area (TPSA) is 76.7 Å². The van der Waals surface area contributed by atoms with E-state index in [-0.39, 0.29) is 12.5 Å². The second-order valence-corrected chi connectivity index (χ2v) is 4.07. The molecule has 0 bridgehead atoms. The summed E-state index contributed by atoms with van der Waals surface area (Å²) in [4.78, 5) is 15.4. The van der Waals surface area contributed by atoms with E-state index >= 15 is 0 Å². The molecule has 0 aromatic heterocycles. The van der Waals surface area contributed by atoms with Crippen molar-refractivity contribution in [1.29, 1.82) is 0 Å². The summed E-state index contributed by atoms with van der Waals surface area (Å²) >= 11 is 0. The minimum Gasteiger partial charge on any atom is -0.387 e. The Morgan fingerprint density at radius 2 is 2.19 bits per heavy atom. The van der Waals surface area contributed by atoms with Crippen molar-refractivity contribution in [2.75, 3.05) is 26.8 Å². The summed E-state index contributed by atoms with van der Waals surface area (Å²) in [6.07, 6.45) is 4.67. The lowest BCUT2D eigenvalue weighted by Gasteiger charge is -2.08. The number of carbonyl (C=O) groups is 1. The molecular weight excluding hydrogens is 206 g/mol. The maximum atomic E-state index is 11.3. The summed E-state index contributed by atoms with van der Waals surface area (Å²) in [5.41, 5.74) is 5.83. The summed E-state index contributed by atoms with van der Waals surface area (Å²) in [7, 11) is 1.60. The number of carbonyl (C=O) groups excluding carboxylic acids is 1. The average molecular weight is 227 g/mol. The monoisotopic (exact) mass is 227 g/mol. The minimum absolute atomic E-state index is 0.0991. The summed E-state index contributed by atoms with van der Waals surface area (Å²) in [6, 6.07) is 0. The number of amidine groups is 1. The van der Waals surface area contributed by atoms with E-state index in [2.05, 4.69) is 10.3 Å². The van der Waals surface area contributed by atoms with Crippen LogP contribution < -0.4 is 11.1 Å². The van der Waals surface area contributed by atoms with E-state index in [0.717, 1.165) is 12.8 Å². The van der Waals surface area contributed by atoms with Crippen molar-refractivity contribution in [3.8, 4) is 0 Å². The molecule has 0 spiro atoms. The summed E-state index contributed by atoms with van der Waals surface area (Å²) in [5.74, 6) is 0.934. The number of ether oxygens (including phenoxy) is 1. The van der Waals surface area contributed by atoms with Gasteiger partial charge in [0.1, 0.15) is 6.54 Å². The Bertz CT molecular complexity index is 248. The quantitative estimate of drug-likeness (QED) is 0.389. The maximum absolute atomic E-state index is 11.3. The van der Waals surface area contributed by atoms with Crippen LogP contribution in [0.5, 0.6) is 0 Å². The lowest BCUT2D eigenvalue weighted by Crippen LogP contribution is -2.30. The molecule has 3 N–H and O–H groups in total. The van der Waals surface area contributed by atoms with Crippen LogP contribution in [-0.2, 0) is 9.53 Å². The molecule has 1 aliphatic carbocycles. The number of rotatable bonds is 6. The van der Waals surface area contributed by atoms with Gasteiger partial charge in [-0.2, -0.15) is 0 Å². The van der Waals surface area contributed by atoms with Crippen molar-refractivity contribution in [2.24, 2.45) is 16.6 Å². The third-order valence-electron chi connectivity index (χ3n) is 2.81. The van der Waals surface area contributed by atoms with Crippen molar-refractivity contribution in [2.45, 2.75) is 25.7 Å². The Labute approximate surface area is 96.4 Å². The molecule has 16 heavy (non-hydrogen) atoms. The predicted molar refractivity (Wildman–Crippen MR) is 63.3 cm³/mol. The number of nitrogens with zero attached hydrogens (tertiary/aromatic N) is 1. The highest BCUT2D eigenvalue weighted by molar-refractivity contribution is 5.86. The van der Waals surface area contributed by atoms with Crippen molar-refractivity contribution in [1.82, 2.24) is 5.32 Å². The molecule has 1 fully saturated rings. The van der Waals surface area contributed by atoms with Gasteiger partial charge in [0, 0.05) is 19.6 Å². The normalized spacial score (nSPS) is 17.7. The van der Waals surface area contributed by atoms with E-state index in [0.29, 0.717) is 24.9 Å². The molecule has 0 heterocycles. The van der Waals surface area contributed by atoms with Gasteiger partial charge < -0.3 is 15.8 Å². The van der Waals surface area contributed by atoms with Crippen molar-refractivity contribution < 1.29 is 9.53 Å². The van der Waals surface area contributed by atoms with Gasteiger partial charge in [-0.1, -0.05) is 12.8 Å². The van der Waals surface area contributed by atoms with E-state index < -0.39 is 0 Å². The fraction of sp³-hybridized carbons (Fsp3) is 0.818. The molecule has 0 aliphatic heterocycles. The maximum Gasteiger partial charge on any atom is 0.241 e. The molecule has 1 amide bonds. The van der Waals surface area contributed by atoms with Gasteiger partial charge in [-0.15, -0.1) is 0 Å². The summed E-state index contributed by atoms with van der Waals surface area (Å²) < 4.78 is 4.82. The van der Waals surface area contributed by atoms with Crippen LogP contribution in [0.2, 0.25) is 0 Å². The molecule has 1 saturated carbocycles. The average Bonchev–Trinajstić information content (AvgIpc) is 2.79. The number of nitrogens with two attached hydrogens (primary N) is 1. The molecule has 0 aromatic carbocycles. The molecular formula is C11H21N3O2. The van der Waals surface area contributed by atoms with Gasteiger partial charge in [-0.05, 0) is 12.8 Å². The van der Waals surface area contributed by atoms with Crippen LogP contribution >= 0.6 is 0 Å². The number of methoxy groups -OCH3 is 1. The Kier molecular flexibility index (Phi) is 5.85. The first kappa shape index (κ1) is 13.0. The molecule has 1 rings (SSSR count). The Balaban J connectivity index is 2.20. The van der Waals surface area contributed by atoms with Gasteiger partial charge in [0.05, 0.1) is 12.4 Å². The second kappa shape index (κ2) is 7.22. The zero-order valence-corrected chi connectivity index (χ0v) is 9.87. The predicted octanol–water partition coefficient (Wildman–Crippen LogP) is 0.296. The van der Waals surface area contributed by atoms with Crippen LogP contribution in [0.1, 0.15) is 25.7 Å². The van der Waals surface area contributed by atoms with Crippen LogP contribution in [0.15, 0.2) is 4.99 Å². The van der Waals surface area contributed by atoms with Gasteiger partial charge in [-0.25, -0.2) is 0 Å². The van der Waals surface area contributed by atoms with Gasteiger partial charge in [0.25, 0.3) is 0 Å². The standard InChI is InChI=1S/C11H21N3O2/c1-16-7-6-13-10(15)8-14-11(12)9-4-2-3-5-9/h9H,2-8H2,1H3,(H2,12,14)(H,13,15). The number of hydrogen-bond acceptors (Lipinski definition) is 3. The van der Waals surface area contributed by atoms with E-state index in [9.17, 15) is 4.79 Å². The van der Waals surface area contributed by atoms with Gasteiger partial charge in [0.2, 0.25) is 5.91 Å². The fourth-order valence-corrected chi connectivity index (χ4v) is 1.86. The van der Waals surface area contributed by atoms with Crippen LogP contribution in [0, 0.1) is 5.92 Å². The van der Waals surface area contributed by atoms with E-state index in [4.69, 9.17) is 10.5 Å². The highest BCUT2D eigenvalue weighted by atomic mass is 16.5. The molecule has 1 aliphatic rings. The van der Waals surface area contributed by atoms with E-state index in [1.807, 2.05) is 0 Å². The number of nitrogens with one attached hydrogen (secondary N) is 1. The molecule has 5 nitrogen and oxygen atoms in total. The van der Waals surface area contributed by atoms with Crippen LogP contribution in [-0.4, -0.2) is 38.5 Å². The van der Waals surface area contributed by atoms with Crippen LogP contribution in [0.3, 0.4) is 0 Å². The van der Waals surface area contributed by atoms with E-state index in [1.165, 1.54) is 12.8 Å². The lowest BCUT2D eigenvalue weighted by atomic mass is 10.1. The van der Waals surface area contributed by atoms with Crippen LogP contribution in [0.4, 0.5) is 0 Å². The highest BCUT2D eigenvalue weighted by Gasteiger charge is 2.18. The Hall–Kier alpha value is -1.10. The van der Waals surface area contributed by atoms with E-state index in [1.54, 1.807) is 7.11 Å². The molecule has 5 heteroatoms. The number of amides is 1. The minimum atomic E-state index is -0.0991. The van der Waals surface area contributed by atoms with Crippen molar-refractivity contribution in [3.63, 3.8) is 0 Å². The largest absolute Gasteiger partial charge is 0.387 e. The lowest BCUT2D eigenvalue weighted by molar-refractivity contribution is -0.119. The third-order valence-corrected chi connectivity index (χ3v) is 2.81. The summed E-state index contributed by atoms with van der Waals surface area (Å²) in [5, 5.41) is 2.70. The van der Waals surface area contributed by atoms with Crippen molar-refractivity contribution >= 4 is 11.7 Å².